The molecule has 0 aliphatic rings. The molecule has 0 aliphatic heterocycles. The minimum Gasteiger partial charge on any atom is -0.505 e. The summed E-state index contributed by atoms with van der Waals surface area (Å²) in [6.07, 6.45) is 0. The number of nitrogens with zero attached hydrogens (tertiary/aromatic N) is 2. The first kappa shape index (κ1) is 16.6. The molecule has 0 atom stereocenters. The zero-order chi connectivity index (χ0) is 18.0. The van der Waals surface area contributed by atoms with Gasteiger partial charge in [-0.3, -0.25) is 0 Å². The van der Waals surface area contributed by atoms with Crippen LogP contribution in [0.4, 0.5) is 0 Å². The van der Waals surface area contributed by atoms with E-state index in [1.54, 1.807) is 42.5 Å². The SMILES string of the molecule is COC(=O)c1nc(C#N)c2cc(Oc3cccc(Cl)c3)ccc2c1O. The van der Waals surface area contributed by atoms with Crippen molar-refractivity contribution in [3.05, 3.63) is 58.9 Å². The second kappa shape index (κ2) is 6.67. The molecule has 0 aliphatic carbocycles. The first-order valence-electron chi connectivity index (χ1n) is 7.12. The van der Waals surface area contributed by atoms with E-state index in [2.05, 4.69) is 9.72 Å². The largest absolute Gasteiger partial charge is 0.505 e. The highest BCUT2D eigenvalue weighted by Crippen LogP contribution is 2.34. The lowest BCUT2D eigenvalue weighted by molar-refractivity contribution is 0.0590. The number of hydrogen-bond donors (Lipinski definition) is 1. The van der Waals surface area contributed by atoms with Crippen molar-refractivity contribution in [2.45, 2.75) is 0 Å². The van der Waals surface area contributed by atoms with E-state index in [4.69, 9.17) is 16.3 Å². The topological polar surface area (TPSA) is 92.4 Å². The van der Waals surface area contributed by atoms with E-state index >= 15 is 0 Å². The highest BCUT2D eigenvalue weighted by molar-refractivity contribution is 6.30. The number of hydrogen-bond acceptors (Lipinski definition) is 6. The van der Waals surface area contributed by atoms with Crippen LogP contribution in [0.2, 0.25) is 5.02 Å². The fraction of sp³-hybridized carbons (Fsp3) is 0.0556. The van der Waals surface area contributed by atoms with Gasteiger partial charge in [0.2, 0.25) is 0 Å². The number of halogens is 1. The average molecular weight is 355 g/mol. The fourth-order valence-electron chi connectivity index (χ4n) is 2.33. The number of carbonyl (C=O) groups excluding carboxylic acids is 1. The molecule has 25 heavy (non-hydrogen) atoms. The van der Waals surface area contributed by atoms with Gasteiger partial charge in [-0.05, 0) is 36.4 Å². The smallest absolute Gasteiger partial charge is 0.360 e. The number of nitriles is 1. The molecule has 0 spiro atoms. The average Bonchev–Trinajstić information content (AvgIpc) is 2.61. The predicted molar refractivity (Wildman–Crippen MR) is 91.0 cm³/mol. The van der Waals surface area contributed by atoms with Gasteiger partial charge < -0.3 is 14.6 Å². The van der Waals surface area contributed by atoms with E-state index < -0.39 is 5.97 Å². The molecule has 1 aromatic heterocycles. The molecule has 2 aromatic carbocycles. The Bertz CT molecular complexity index is 1030. The summed E-state index contributed by atoms with van der Waals surface area (Å²) in [7, 11) is 1.17. The summed E-state index contributed by atoms with van der Waals surface area (Å²) in [5, 5.41) is 20.8. The van der Waals surface area contributed by atoms with Crippen LogP contribution in [-0.4, -0.2) is 23.2 Å². The number of carbonyl (C=O) groups is 1. The third kappa shape index (κ3) is 3.18. The van der Waals surface area contributed by atoms with Gasteiger partial charge in [-0.25, -0.2) is 9.78 Å². The minimum absolute atomic E-state index is 0.0234. The van der Waals surface area contributed by atoms with E-state index in [0.29, 0.717) is 27.3 Å². The Balaban J connectivity index is 2.11. The number of fused-ring (bicyclic) bond motifs is 1. The number of ether oxygens (including phenoxy) is 2. The molecule has 0 amide bonds. The van der Waals surface area contributed by atoms with Gasteiger partial charge in [-0.15, -0.1) is 0 Å². The summed E-state index contributed by atoms with van der Waals surface area (Å²) in [5.74, 6) is -0.225. The molecule has 3 aromatic rings. The fourth-order valence-corrected chi connectivity index (χ4v) is 2.51. The molecule has 6 nitrogen and oxygen atoms in total. The van der Waals surface area contributed by atoms with E-state index in [1.165, 1.54) is 7.11 Å². The second-order valence-electron chi connectivity index (χ2n) is 5.03. The number of esters is 1. The first-order chi connectivity index (χ1) is 12.0. The molecule has 0 bridgehead atoms. The molecule has 0 saturated heterocycles. The summed E-state index contributed by atoms with van der Waals surface area (Å²) < 4.78 is 10.3. The minimum atomic E-state index is -0.824. The van der Waals surface area contributed by atoms with Crippen molar-refractivity contribution < 1.29 is 19.4 Å². The molecule has 7 heteroatoms. The summed E-state index contributed by atoms with van der Waals surface area (Å²) >= 11 is 5.93. The standard InChI is InChI=1S/C18H11ClN2O4/c1-24-18(23)16-17(22)13-6-5-12(8-14(13)15(9-20)21-16)25-11-4-2-3-10(19)7-11/h2-8,22H,1H3. The van der Waals surface area contributed by atoms with Crippen LogP contribution in [0.1, 0.15) is 16.2 Å². The Morgan fingerprint density at radius 1 is 1.20 bits per heavy atom. The molecular formula is C18H11ClN2O4. The maximum atomic E-state index is 11.7. The summed E-state index contributed by atoms with van der Waals surface area (Å²) in [5.41, 5.74) is -0.334. The third-order valence-electron chi connectivity index (χ3n) is 3.47. The number of rotatable bonds is 3. The number of pyridine rings is 1. The zero-order valence-corrected chi connectivity index (χ0v) is 13.7. The van der Waals surface area contributed by atoms with Crippen LogP contribution in [0, 0.1) is 11.3 Å². The second-order valence-corrected chi connectivity index (χ2v) is 5.46. The molecule has 1 heterocycles. The molecule has 0 fully saturated rings. The van der Waals surface area contributed by atoms with Crippen molar-refractivity contribution in [3.8, 4) is 23.3 Å². The van der Waals surface area contributed by atoms with Gasteiger partial charge >= 0.3 is 5.97 Å². The molecule has 0 radical (unpaired) electrons. The molecule has 124 valence electrons. The van der Waals surface area contributed by atoms with E-state index in [9.17, 15) is 15.2 Å². The maximum absolute atomic E-state index is 11.7. The van der Waals surface area contributed by atoms with Gasteiger partial charge in [0.05, 0.1) is 7.11 Å². The van der Waals surface area contributed by atoms with Gasteiger partial charge in [-0.1, -0.05) is 17.7 Å². The highest BCUT2D eigenvalue weighted by atomic mass is 35.5. The number of benzene rings is 2. The van der Waals surface area contributed by atoms with Crippen LogP contribution >= 0.6 is 11.6 Å². The Kier molecular flexibility index (Phi) is 4.42. The van der Waals surface area contributed by atoms with Crippen molar-refractivity contribution in [2.24, 2.45) is 0 Å². The molecule has 0 unspecified atom stereocenters. The van der Waals surface area contributed by atoms with Gasteiger partial charge in [0, 0.05) is 15.8 Å². The molecule has 3 rings (SSSR count). The molecular weight excluding hydrogens is 344 g/mol. The molecule has 1 N–H and O–H groups in total. The van der Waals surface area contributed by atoms with Crippen molar-refractivity contribution in [1.29, 1.82) is 5.26 Å². The van der Waals surface area contributed by atoms with Crippen LogP contribution in [0.25, 0.3) is 10.8 Å². The van der Waals surface area contributed by atoms with Crippen LogP contribution in [0.5, 0.6) is 17.2 Å². The summed E-state index contributed by atoms with van der Waals surface area (Å²) in [4.78, 5) is 15.6. The Hall–Kier alpha value is -3.30. The number of aromatic hydroxyl groups is 1. The molecule has 0 saturated carbocycles. The van der Waals surface area contributed by atoms with Crippen molar-refractivity contribution in [1.82, 2.24) is 4.98 Å². The van der Waals surface area contributed by atoms with Crippen LogP contribution in [-0.2, 0) is 4.74 Å². The van der Waals surface area contributed by atoms with Crippen molar-refractivity contribution in [2.75, 3.05) is 7.11 Å². The predicted octanol–water partition coefficient (Wildman–Crippen LogP) is 4.04. The van der Waals surface area contributed by atoms with Crippen LogP contribution in [0.3, 0.4) is 0 Å². The lowest BCUT2D eigenvalue weighted by Crippen LogP contribution is -2.06. The van der Waals surface area contributed by atoms with E-state index in [0.717, 1.165) is 0 Å². The monoisotopic (exact) mass is 354 g/mol. The third-order valence-corrected chi connectivity index (χ3v) is 3.70. The van der Waals surface area contributed by atoms with Crippen molar-refractivity contribution >= 4 is 28.3 Å². The van der Waals surface area contributed by atoms with Crippen molar-refractivity contribution in [3.63, 3.8) is 0 Å². The van der Waals surface area contributed by atoms with E-state index in [1.807, 2.05) is 6.07 Å². The van der Waals surface area contributed by atoms with E-state index in [-0.39, 0.29) is 17.1 Å². The first-order valence-corrected chi connectivity index (χ1v) is 7.50. The highest BCUT2D eigenvalue weighted by Gasteiger charge is 2.20. The van der Waals surface area contributed by atoms with Gasteiger partial charge in [0.15, 0.2) is 11.4 Å². The quantitative estimate of drug-likeness (QED) is 0.713. The van der Waals surface area contributed by atoms with Crippen LogP contribution < -0.4 is 4.74 Å². The van der Waals surface area contributed by atoms with Gasteiger partial charge in [0.1, 0.15) is 23.3 Å². The Morgan fingerprint density at radius 2 is 1.96 bits per heavy atom. The Labute approximate surface area is 147 Å². The maximum Gasteiger partial charge on any atom is 0.360 e. The lowest BCUT2D eigenvalue weighted by atomic mass is 10.1. The zero-order valence-electron chi connectivity index (χ0n) is 13.0. The van der Waals surface area contributed by atoms with Crippen LogP contribution in [0.15, 0.2) is 42.5 Å². The summed E-state index contributed by atoms with van der Waals surface area (Å²) in [6.45, 7) is 0. The number of methoxy groups -OCH3 is 1. The normalized spacial score (nSPS) is 10.3. The van der Waals surface area contributed by atoms with Gasteiger partial charge in [-0.2, -0.15) is 5.26 Å². The Morgan fingerprint density at radius 3 is 2.64 bits per heavy atom. The van der Waals surface area contributed by atoms with Gasteiger partial charge in [0.25, 0.3) is 0 Å². The number of aromatic nitrogens is 1. The lowest BCUT2D eigenvalue weighted by Gasteiger charge is -2.10. The summed E-state index contributed by atoms with van der Waals surface area (Å²) in [6, 6.07) is 13.5.